The summed E-state index contributed by atoms with van der Waals surface area (Å²) in [6.07, 6.45) is -9.79. The van der Waals surface area contributed by atoms with Crippen LogP contribution in [-0.4, -0.2) is 117 Å². The third-order valence-corrected chi connectivity index (χ3v) is 6.61. The molecule has 0 radical (unpaired) electrons. The van der Waals surface area contributed by atoms with E-state index in [1.807, 2.05) is 0 Å². The molecule has 0 saturated carbocycles. The van der Waals surface area contributed by atoms with E-state index in [-0.39, 0.29) is 12.5 Å². The normalized spacial score (nSPS) is 44.4. The zero-order valence-corrected chi connectivity index (χ0v) is 18.6. The van der Waals surface area contributed by atoms with Gasteiger partial charge >= 0.3 is 0 Å². The maximum atomic E-state index is 10.6. The van der Waals surface area contributed by atoms with Gasteiger partial charge < -0.3 is 54.7 Å². The fraction of sp³-hybridized carbons (Fsp3) is 0.818. The number of aliphatic hydroxyl groups excluding tert-OH is 7. The zero-order valence-electron chi connectivity index (χ0n) is 18.6. The Bertz CT molecular complexity index is 683. The van der Waals surface area contributed by atoms with Gasteiger partial charge in [0.15, 0.2) is 12.6 Å². The second kappa shape index (κ2) is 11.6. The van der Waals surface area contributed by atoms with E-state index in [0.717, 1.165) is 24.8 Å². The van der Waals surface area contributed by atoms with E-state index in [9.17, 15) is 35.7 Å². The molecule has 2 saturated heterocycles. The molecule has 11 atom stereocenters. The van der Waals surface area contributed by atoms with Crippen molar-refractivity contribution in [3.8, 4) is 0 Å². The van der Waals surface area contributed by atoms with Gasteiger partial charge in [-0.25, -0.2) is 0 Å². The average Bonchev–Trinajstić information content (AvgIpc) is 2.81. The van der Waals surface area contributed by atoms with E-state index in [1.165, 1.54) is 5.57 Å². The largest absolute Gasteiger partial charge is 0.394 e. The van der Waals surface area contributed by atoms with Crippen LogP contribution in [0.4, 0.5) is 0 Å². The number of rotatable bonds is 8. The maximum Gasteiger partial charge on any atom is 0.187 e. The predicted octanol–water partition coefficient (Wildman–Crippen LogP) is -2.07. The number of aliphatic hydroxyl groups is 7. The summed E-state index contributed by atoms with van der Waals surface area (Å²) in [5, 5.41) is 70.0. The first-order valence-corrected chi connectivity index (χ1v) is 11.2. The van der Waals surface area contributed by atoms with Gasteiger partial charge in [0, 0.05) is 0 Å². The Labute approximate surface area is 192 Å². The van der Waals surface area contributed by atoms with Crippen molar-refractivity contribution >= 4 is 0 Å². The molecule has 11 nitrogen and oxygen atoms in total. The van der Waals surface area contributed by atoms with Gasteiger partial charge in [-0.2, -0.15) is 0 Å². The second-order valence-electron chi connectivity index (χ2n) is 9.00. The molecule has 3 aliphatic rings. The lowest BCUT2D eigenvalue weighted by atomic mass is 9.85. The first kappa shape index (κ1) is 26.6. The van der Waals surface area contributed by atoms with Crippen molar-refractivity contribution in [2.75, 3.05) is 19.8 Å². The third kappa shape index (κ3) is 6.00. The van der Waals surface area contributed by atoms with Gasteiger partial charge in [-0.1, -0.05) is 18.2 Å². The zero-order chi connectivity index (χ0) is 24.3. The molecular formula is C22H36O11. The molecule has 33 heavy (non-hydrogen) atoms. The molecule has 2 aliphatic heterocycles. The van der Waals surface area contributed by atoms with E-state index in [2.05, 4.69) is 19.6 Å². The summed E-state index contributed by atoms with van der Waals surface area (Å²) in [5.74, 6) is 0.214. The average molecular weight is 477 g/mol. The highest BCUT2D eigenvalue weighted by molar-refractivity contribution is 5.12. The van der Waals surface area contributed by atoms with E-state index >= 15 is 0 Å². The molecule has 2 fully saturated rings. The lowest BCUT2D eigenvalue weighted by molar-refractivity contribution is -0.366. The van der Waals surface area contributed by atoms with Crippen LogP contribution in [0.2, 0.25) is 0 Å². The Morgan fingerprint density at radius 2 is 1.55 bits per heavy atom. The summed E-state index contributed by atoms with van der Waals surface area (Å²) in [7, 11) is 0. The lowest BCUT2D eigenvalue weighted by Crippen LogP contribution is -2.64. The number of hydrogen-bond acceptors (Lipinski definition) is 11. The Balaban J connectivity index is 1.70. The van der Waals surface area contributed by atoms with Gasteiger partial charge in [0.05, 0.1) is 19.8 Å². The number of allylic oxidation sites excluding steroid dienone is 2. The van der Waals surface area contributed by atoms with Crippen LogP contribution >= 0.6 is 0 Å². The third-order valence-electron chi connectivity index (χ3n) is 6.61. The second-order valence-corrected chi connectivity index (χ2v) is 9.00. The highest BCUT2D eigenvalue weighted by atomic mass is 16.8. The summed E-state index contributed by atoms with van der Waals surface area (Å²) in [5.41, 5.74) is 2.14. The van der Waals surface area contributed by atoms with Crippen LogP contribution < -0.4 is 0 Å². The molecule has 0 amide bonds. The topological polar surface area (TPSA) is 179 Å². The number of hydrogen-bond donors (Lipinski definition) is 7. The van der Waals surface area contributed by atoms with Crippen LogP contribution in [0.3, 0.4) is 0 Å². The van der Waals surface area contributed by atoms with Gasteiger partial charge in [0.25, 0.3) is 0 Å². The summed E-state index contributed by atoms with van der Waals surface area (Å²) in [6, 6.07) is 0. The Kier molecular flexibility index (Phi) is 9.40. The van der Waals surface area contributed by atoms with E-state index in [1.54, 1.807) is 0 Å². The minimum atomic E-state index is -1.71. The van der Waals surface area contributed by atoms with E-state index in [0.29, 0.717) is 0 Å². The molecule has 3 rings (SSSR count). The van der Waals surface area contributed by atoms with E-state index < -0.39 is 74.6 Å². The molecule has 0 bridgehead atoms. The SMILES string of the molecule is C=C(CO[C@H]1O[C@H](CO)[C@H](O)[C@@H](O)[C@H]1O[C@H]1O[C@H](CO)[C@H](O)[C@@H](O)[C@H]1O)[C@H]1CC=C(C)CC1. The van der Waals surface area contributed by atoms with Crippen molar-refractivity contribution in [3.63, 3.8) is 0 Å². The van der Waals surface area contributed by atoms with Crippen LogP contribution in [0.15, 0.2) is 23.8 Å². The molecule has 0 aromatic carbocycles. The molecule has 7 N–H and O–H groups in total. The Hall–Kier alpha value is -0.960. The molecular weight excluding hydrogens is 440 g/mol. The summed E-state index contributed by atoms with van der Waals surface area (Å²) >= 11 is 0. The van der Waals surface area contributed by atoms with Crippen molar-refractivity contribution < 1.29 is 54.7 Å². The molecule has 0 aromatic heterocycles. The van der Waals surface area contributed by atoms with Crippen LogP contribution in [0.25, 0.3) is 0 Å². The minimum Gasteiger partial charge on any atom is -0.394 e. The Morgan fingerprint density at radius 3 is 2.12 bits per heavy atom. The lowest BCUT2D eigenvalue weighted by Gasteiger charge is -2.46. The molecule has 1 aliphatic carbocycles. The van der Waals surface area contributed by atoms with Crippen molar-refractivity contribution in [1.82, 2.24) is 0 Å². The molecule has 2 heterocycles. The highest BCUT2D eigenvalue weighted by Gasteiger charge is 2.50. The van der Waals surface area contributed by atoms with Crippen molar-refractivity contribution in [3.05, 3.63) is 23.8 Å². The quantitative estimate of drug-likeness (QED) is 0.191. The van der Waals surface area contributed by atoms with Gasteiger partial charge in [-0.05, 0) is 37.7 Å². The van der Waals surface area contributed by atoms with Crippen molar-refractivity contribution in [1.29, 1.82) is 0 Å². The van der Waals surface area contributed by atoms with Crippen molar-refractivity contribution in [2.45, 2.75) is 87.6 Å². The predicted molar refractivity (Wildman–Crippen MR) is 113 cm³/mol. The van der Waals surface area contributed by atoms with Gasteiger partial charge in [0.1, 0.15) is 48.8 Å². The summed E-state index contributed by atoms with van der Waals surface area (Å²) in [4.78, 5) is 0. The first-order valence-electron chi connectivity index (χ1n) is 11.2. The van der Waals surface area contributed by atoms with E-state index in [4.69, 9.17) is 18.9 Å². The minimum absolute atomic E-state index is 0.0672. The van der Waals surface area contributed by atoms with Crippen molar-refractivity contribution in [2.24, 2.45) is 5.92 Å². The molecule has 190 valence electrons. The van der Waals surface area contributed by atoms with Gasteiger partial charge in [-0.3, -0.25) is 0 Å². The molecule has 11 heteroatoms. The Morgan fingerprint density at radius 1 is 0.939 bits per heavy atom. The van der Waals surface area contributed by atoms with Gasteiger partial charge in [0.2, 0.25) is 0 Å². The fourth-order valence-corrected chi connectivity index (χ4v) is 4.31. The van der Waals surface area contributed by atoms with Crippen LogP contribution in [0, 0.1) is 5.92 Å². The molecule has 0 aromatic rings. The smallest absolute Gasteiger partial charge is 0.187 e. The molecule has 0 unspecified atom stereocenters. The van der Waals surface area contributed by atoms with Crippen LogP contribution in [0.1, 0.15) is 26.2 Å². The maximum absolute atomic E-state index is 10.6. The standard InChI is InChI=1S/C22H36O11/c1-10-3-5-12(6-4-10)11(2)9-30-22-20(18(28)16(26)14(8-24)32-22)33-21-19(29)17(27)15(25)13(7-23)31-21/h3,12-29H,2,4-9H2,1H3/t12-,13+,14+,15-,16-,17+,18+,19+,20+,21+,22-/m0/s1. The summed E-state index contributed by atoms with van der Waals surface area (Å²) < 4.78 is 22.4. The highest BCUT2D eigenvalue weighted by Crippen LogP contribution is 2.32. The number of ether oxygens (including phenoxy) is 4. The summed E-state index contributed by atoms with van der Waals surface area (Å²) in [6.45, 7) is 4.99. The van der Waals surface area contributed by atoms with Crippen LogP contribution in [-0.2, 0) is 18.9 Å². The molecule has 0 spiro atoms. The monoisotopic (exact) mass is 476 g/mol. The van der Waals surface area contributed by atoms with Crippen LogP contribution in [0.5, 0.6) is 0 Å². The van der Waals surface area contributed by atoms with Gasteiger partial charge in [-0.15, -0.1) is 0 Å². The first-order chi connectivity index (χ1) is 15.7. The fourth-order valence-electron chi connectivity index (χ4n) is 4.31.